The molecule has 0 spiro atoms. The minimum atomic E-state index is -1.21. The summed E-state index contributed by atoms with van der Waals surface area (Å²) in [6.07, 6.45) is -1.21. The van der Waals surface area contributed by atoms with Gasteiger partial charge in [0.25, 0.3) is 5.91 Å². The predicted octanol–water partition coefficient (Wildman–Crippen LogP) is 2.22. The first kappa shape index (κ1) is 20.9. The first-order chi connectivity index (χ1) is 13.3. The molecule has 0 heterocycles. The normalized spacial score (nSPS) is 11.5. The van der Waals surface area contributed by atoms with Gasteiger partial charge in [0.1, 0.15) is 11.4 Å². The summed E-state index contributed by atoms with van der Waals surface area (Å²) in [6, 6.07) is 6.39. The number of carbonyl (C=O) groups excluding carboxylic acids is 1. The first-order valence-corrected chi connectivity index (χ1v) is 8.03. The number of halogens is 1. The molecule has 0 bridgehead atoms. The lowest BCUT2D eigenvalue weighted by molar-refractivity contribution is -0.386. The molecule has 0 saturated heterocycles. The number of hydrogen-bond acceptors (Lipinski definition) is 7. The van der Waals surface area contributed by atoms with Gasteiger partial charge >= 0.3 is 5.69 Å². The van der Waals surface area contributed by atoms with Gasteiger partial charge in [-0.15, -0.1) is 0 Å². The maximum absolute atomic E-state index is 13.3. The number of benzene rings is 2. The van der Waals surface area contributed by atoms with Gasteiger partial charge in [0, 0.05) is 12.6 Å². The number of aliphatic hydroxyl groups excluding tert-OH is 1. The van der Waals surface area contributed by atoms with E-state index in [1.165, 1.54) is 39.5 Å². The van der Waals surface area contributed by atoms with Crippen molar-refractivity contribution in [2.24, 2.45) is 0 Å². The van der Waals surface area contributed by atoms with Gasteiger partial charge in [-0.2, -0.15) is 0 Å². The number of nitro benzene ring substituents is 1. The van der Waals surface area contributed by atoms with Crippen LogP contribution in [0, 0.1) is 15.9 Å². The second-order valence-corrected chi connectivity index (χ2v) is 5.58. The van der Waals surface area contributed by atoms with Crippen LogP contribution in [0.4, 0.5) is 10.1 Å². The largest absolute Gasteiger partial charge is 0.493 e. The van der Waals surface area contributed by atoms with Crippen LogP contribution in [0.2, 0.25) is 0 Å². The summed E-state index contributed by atoms with van der Waals surface area (Å²) in [5, 5.41) is 24.0. The number of nitrogens with one attached hydrogen (secondary N) is 1. The Kier molecular flexibility index (Phi) is 6.72. The zero-order valence-electron chi connectivity index (χ0n) is 15.4. The van der Waals surface area contributed by atoms with E-state index in [9.17, 15) is 24.4 Å². The number of nitro groups is 1. The topological polar surface area (TPSA) is 120 Å². The molecule has 0 aliphatic heterocycles. The quantitative estimate of drug-likeness (QED) is 0.520. The third-order valence-corrected chi connectivity index (χ3v) is 3.92. The zero-order valence-corrected chi connectivity index (χ0v) is 15.4. The Hall–Kier alpha value is -3.40. The minimum Gasteiger partial charge on any atom is -0.493 e. The molecule has 0 saturated carbocycles. The highest BCUT2D eigenvalue weighted by atomic mass is 19.1. The van der Waals surface area contributed by atoms with Crippen LogP contribution in [0.15, 0.2) is 30.3 Å². The van der Waals surface area contributed by atoms with Gasteiger partial charge in [-0.25, -0.2) is 4.39 Å². The molecule has 2 aromatic rings. The van der Waals surface area contributed by atoms with Crippen molar-refractivity contribution in [3.05, 3.63) is 57.4 Å². The summed E-state index contributed by atoms with van der Waals surface area (Å²) in [5.41, 5.74) is -0.705. The third kappa shape index (κ3) is 4.29. The molecule has 28 heavy (non-hydrogen) atoms. The molecule has 0 aliphatic carbocycles. The fraction of sp³-hybridized carbons (Fsp3) is 0.278. The highest BCUT2D eigenvalue weighted by Crippen LogP contribution is 2.46. The number of rotatable bonds is 8. The van der Waals surface area contributed by atoms with Crippen molar-refractivity contribution >= 4 is 11.6 Å². The highest BCUT2D eigenvalue weighted by Gasteiger charge is 2.32. The van der Waals surface area contributed by atoms with Gasteiger partial charge in [0.2, 0.25) is 11.5 Å². The van der Waals surface area contributed by atoms with E-state index in [0.717, 1.165) is 12.1 Å². The summed E-state index contributed by atoms with van der Waals surface area (Å²) in [4.78, 5) is 23.3. The van der Waals surface area contributed by atoms with Crippen molar-refractivity contribution < 1.29 is 33.4 Å². The summed E-state index contributed by atoms with van der Waals surface area (Å²) < 4.78 is 28.5. The Morgan fingerprint density at radius 2 is 1.89 bits per heavy atom. The van der Waals surface area contributed by atoms with Crippen molar-refractivity contribution in [3.8, 4) is 17.2 Å². The van der Waals surface area contributed by atoms with Gasteiger partial charge < -0.3 is 24.6 Å². The molecule has 9 nitrogen and oxygen atoms in total. The molecule has 150 valence electrons. The fourth-order valence-corrected chi connectivity index (χ4v) is 2.61. The Morgan fingerprint density at radius 1 is 1.21 bits per heavy atom. The lowest BCUT2D eigenvalue weighted by atomic mass is 10.1. The standard InChI is InChI=1S/C18H19FN2O7/c1-26-14-8-12(15(21(24)25)17(28-3)16(14)27-2)18(23)20-9-13(22)10-5-4-6-11(19)7-10/h4-8,13,22H,9H2,1-3H3,(H,20,23). The van der Waals surface area contributed by atoms with Crippen molar-refractivity contribution in [1.82, 2.24) is 5.32 Å². The third-order valence-electron chi connectivity index (χ3n) is 3.92. The maximum atomic E-state index is 13.3. The van der Waals surface area contributed by atoms with E-state index >= 15 is 0 Å². The maximum Gasteiger partial charge on any atom is 0.327 e. The Balaban J connectivity index is 2.35. The molecule has 2 N–H and O–H groups in total. The molecular weight excluding hydrogens is 375 g/mol. The lowest BCUT2D eigenvalue weighted by Gasteiger charge is -2.16. The first-order valence-electron chi connectivity index (χ1n) is 8.03. The van der Waals surface area contributed by atoms with E-state index in [1.807, 2.05) is 0 Å². The van der Waals surface area contributed by atoms with Crippen molar-refractivity contribution in [2.45, 2.75) is 6.10 Å². The number of carbonyl (C=O) groups is 1. The lowest BCUT2D eigenvalue weighted by Crippen LogP contribution is -2.29. The van der Waals surface area contributed by atoms with E-state index < -0.39 is 28.4 Å². The van der Waals surface area contributed by atoms with Gasteiger partial charge in [-0.3, -0.25) is 14.9 Å². The number of hydrogen-bond donors (Lipinski definition) is 2. The van der Waals surface area contributed by atoms with Crippen LogP contribution in [-0.4, -0.2) is 43.8 Å². The fourth-order valence-electron chi connectivity index (χ4n) is 2.61. The predicted molar refractivity (Wildman–Crippen MR) is 96.4 cm³/mol. The Labute approximate surface area is 159 Å². The molecule has 0 radical (unpaired) electrons. The van der Waals surface area contributed by atoms with Gasteiger partial charge in [0.15, 0.2) is 5.75 Å². The Morgan fingerprint density at radius 3 is 2.43 bits per heavy atom. The minimum absolute atomic E-state index is 0.0342. The number of nitrogens with zero attached hydrogens (tertiary/aromatic N) is 1. The molecule has 1 atom stereocenters. The van der Waals surface area contributed by atoms with Crippen molar-refractivity contribution in [2.75, 3.05) is 27.9 Å². The van der Waals surface area contributed by atoms with Crippen LogP contribution in [-0.2, 0) is 0 Å². The number of ether oxygens (including phenoxy) is 3. The summed E-state index contributed by atoms with van der Waals surface area (Å²) in [5.74, 6) is -1.64. The van der Waals surface area contributed by atoms with E-state index in [-0.39, 0.29) is 34.9 Å². The zero-order chi connectivity index (χ0) is 20.8. The average Bonchev–Trinajstić information content (AvgIpc) is 2.69. The molecule has 2 rings (SSSR count). The van der Waals surface area contributed by atoms with Crippen LogP contribution in [0.3, 0.4) is 0 Å². The molecule has 0 aliphatic rings. The van der Waals surface area contributed by atoms with Gasteiger partial charge in [0.05, 0.1) is 32.4 Å². The SMILES string of the molecule is COc1cc(C(=O)NCC(O)c2cccc(F)c2)c([N+](=O)[O-])c(OC)c1OC. The molecule has 0 fully saturated rings. The van der Waals surface area contributed by atoms with Crippen LogP contribution >= 0.6 is 0 Å². The van der Waals surface area contributed by atoms with Crippen LogP contribution in [0.5, 0.6) is 17.2 Å². The number of aliphatic hydroxyl groups is 1. The molecule has 1 amide bonds. The smallest absolute Gasteiger partial charge is 0.327 e. The molecule has 10 heteroatoms. The van der Waals surface area contributed by atoms with Crippen molar-refractivity contribution in [3.63, 3.8) is 0 Å². The van der Waals surface area contributed by atoms with E-state index in [1.54, 1.807) is 0 Å². The molecule has 1 unspecified atom stereocenters. The van der Waals surface area contributed by atoms with E-state index in [2.05, 4.69) is 5.32 Å². The average molecular weight is 394 g/mol. The van der Waals surface area contributed by atoms with Gasteiger partial charge in [-0.05, 0) is 17.7 Å². The molecule has 0 aromatic heterocycles. The monoisotopic (exact) mass is 394 g/mol. The summed E-state index contributed by atoms with van der Waals surface area (Å²) >= 11 is 0. The number of amides is 1. The molecule has 2 aromatic carbocycles. The van der Waals surface area contributed by atoms with E-state index in [0.29, 0.717) is 0 Å². The van der Waals surface area contributed by atoms with Crippen molar-refractivity contribution in [1.29, 1.82) is 0 Å². The van der Waals surface area contributed by atoms with Crippen LogP contribution in [0.25, 0.3) is 0 Å². The van der Waals surface area contributed by atoms with Gasteiger partial charge in [-0.1, -0.05) is 12.1 Å². The molecular formula is C18H19FN2O7. The number of methoxy groups -OCH3 is 3. The summed E-state index contributed by atoms with van der Waals surface area (Å²) in [7, 11) is 3.78. The van der Waals surface area contributed by atoms with Crippen LogP contribution < -0.4 is 19.5 Å². The van der Waals surface area contributed by atoms with E-state index in [4.69, 9.17) is 14.2 Å². The summed E-state index contributed by atoms with van der Waals surface area (Å²) in [6.45, 7) is -0.296. The Bertz CT molecular complexity index is 888. The van der Waals surface area contributed by atoms with Crippen LogP contribution in [0.1, 0.15) is 22.0 Å². The highest BCUT2D eigenvalue weighted by molar-refractivity contribution is 6.00. The second kappa shape index (κ2) is 9.00. The second-order valence-electron chi connectivity index (χ2n) is 5.58.